The quantitative estimate of drug-likeness (QED) is 0.499. The number of benzene rings is 1. The summed E-state index contributed by atoms with van der Waals surface area (Å²) in [4.78, 5) is 25.6. The summed E-state index contributed by atoms with van der Waals surface area (Å²) in [6.45, 7) is 2.00. The molecule has 2 unspecified atom stereocenters. The number of aromatic hydroxyl groups is 2. The molecule has 3 rings (SSSR count). The number of hydrogen-bond acceptors (Lipinski definition) is 7. The van der Waals surface area contributed by atoms with Crippen LogP contribution in [0.5, 0.6) is 11.5 Å². The fourth-order valence-electron chi connectivity index (χ4n) is 3.79. The molecule has 0 spiro atoms. The van der Waals surface area contributed by atoms with Gasteiger partial charge in [0, 0.05) is 11.6 Å². The van der Waals surface area contributed by atoms with E-state index in [4.69, 9.17) is 0 Å². The van der Waals surface area contributed by atoms with Gasteiger partial charge in [-0.2, -0.15) is 0 Å². The summed E-state index contributed by atoms with van der Waals surface area (Å²) in [6.07, 6.45) is 3.69. The Morgan fingerprint density at radius 1 is 1.07 bits per heavy atom. The van der Waals surface area contributed by atoms with Gasteiger partial charge in [-0.15, -0.1) is 0 Å². The Balaban J connectivity index is 2.09. The number of phenols is 2. The number of carbonyl (C=O) groups excluding carboxylic acids is 2. The fraction of sp³-hybridized carbons (Fsp3) is 0.400. The molecule has 27 heavy (non-hydrogen) atoms. The van der Waals surface area contributed by atoms with Crippen molar-refractivity contribution >= 4 is 11.6 Å². The molecule has 5 N–H and O–H groups in total. The molecule has 0 heterocycles. The molecule has 0 fully saturated rings. The zero-order valence-corrected chi connectivity index (χ0v) is 14.8. The lowest BCUT2D eigenvalue weighted by atomic mass is 9.70. The third kappa shape index (κ3) is 3.08. The monoisotopic (exact) mass is 374 g/mol. The maximum atomic E-state index is 12.9. The normalized spacial score (nSPS) is 22.6. The topological polar surface area (TPSA) is 135 Å². The Hall–Kier alpha value is -2.80. The SMILES string of the molecule is CCCCC[C@H](O)c1c(O)cc2c(c1O)C(=O)C1C(O)=CC(O)=CC1C2=O. The molecule has 0 amide bonds. The minimum Gasteiger partial charge on any atom is -0.511 e. The van der Waals surface area contributed by atoms with E-state index in [9.17, 15) is 35.1 Å². The number of aliphatic hydroxyl groups is 3. The average molecular weight is 374 g/mol. The van der Waals surface area contributed by atoms with Gasteiger partial charge >= 0.3 is 0 Å². The Kier molecular flexibility index (Phi) is 4.97. The van der Waals surface area contributed by atoms with Crippen LogP contribution in [0.4, 0.5) is 0 Å². The summed E-state index contributed by atoms with van der Waals surface area (Å²) in [5.41, 5.74) is -0.708. The summed E-state index contributed by atoms with van der Waals surface area (Å²) in [5, 5.41) is 50.9. The smallest absolute Gasteiger partial charge is 0.178 e. The van der Waals surface area contributed by atoms with Crippen LogP contribution in [-0.4, -0.2) is 37.1 Å². The molecule has 1 aromatic carbocycles. The molecule has 0 saturated heterocycles. The van der Waals surface area contributed by atoms with E-state index in [-0.39, 0.29) is 28.9 Å². The maximum Gasteiger partial charge on any atom is 0.178 e. The Bertz CT molecular complexity index is 866. The molecule has 1 aromatic rings. The first-order valence-corrected chi connectivity index (χ1v) is 8.94. The van der Waals surface area contributed by atoms with Crippen molar-refractivity contribution in [2.24, 2.45) is 11.8 Å². The van der Waals surface area contributed by atoms with Gasteiger partial charge in [-0.05, 0) is 18.6 Å². The van der Waals surface area contributed by atoms with Crippen LogP contribution in [0.1, 0.15) is 65.0 Å². The van der Waals surface area contributed by atoms with E-state index in [1.54, 1.807) is 0 Å². The lowest BCUT2D eigenvalue weighted by Gasteiger charge is -2.31. The Labute approximate surface area is 155 Å². The standard InChI is InChI=1S/C20H22O7/c1-2-3-4-5-12(22)17-14(24)8-11-16(20(17)27)19(26)15-10(18(11)25)6-9(21)7-13(15)23/h6-8,10,12,15,21-24,27H,2-5H2,1H3/t10?,12-,15?/m0/s1. The highest BCUT2D eigenvalue weighted by molar-refractivity contribution is 6.19. The van der Waals surface area contributed by atoms with Crippen LogP contribution in [0.2, 0.25) is 0 Å². The largest absolute Gasteiger partial charge is 0.511 e. The number of phenolic OH excluding ortho intramolecular Hbond substituents is 2. The predicted octanol–water partition coefficient (Wildman–Crippen LogP) is 3.22. The van der Waals surface area contributed by atoms with Crippen LogP contribution in [0.15, 0.2) is 29.7 Å². The number of rotatable bonds is 5. The van der Waals surface area contributed by atoms with E-state index in [0.717, 1.165) is 31.1 Å². The highest BCUT2D eigenvalue weighted by Gasteiger charge is 2.46. The molecule has 144 valence electrons. The third-order valence-corrected chi connectivity index (χ3v) is 5.15. The van der Waals surface area contributed by atoms with Crippen molar-refractivity contribution in [1.82, 2.24) is 0 Å². The molecule has 2 aliphatic rings. The van der Waals surface area contributed by atoms with E-state index in [0.29, 0.717) is 6.42 Å². The van der Waals surface area contributed by atoms with Gasteiger partial charge in [-0.3, -0.25) is 9.59 Å². The Morgan fingerprint density at radius 2 is 1.78 bits per heavy atom. The molecule has 0 bridgehead atoms. The number of hydrogen-bond donors (Lipinski definition) is 5. The van der Waals surface area contributed by atoms with Crippen molar-refractivity contribution in [2.75, 3.05) is 0 Å². The first-order valence-electron chi connectivity index (χ1n) is 8.94. The summed E-state index contributed by atoms with van der Waals surface area (Å²) >= 11 is 0. The highest BCUT2D eigenvalue weighted by Crippen LogP contribution is 2.46. The van der Waals surface area contributed by atoms with Gasteiger partial charge in [0.2, 0.25) is 0 Å². The number of allylic oxidation sites excluding steroid dienone is 3. The van der Waals surface area contributed by atoms with Gasteiger partial charge in [-0.25, -0.2) is 0 Å². The van der Waals surface area contributed by atoms with Crippen molar-refractivity contribution in [3.63, 3.8) is 0 Å². The van der Waals surface area contributed by atoms with Crippen LogP contribution < -0.4 is 0 Å². The van der Waals surface area contributed by atoms with Gasteiger partial charge in [0.25, 0.3) is 0 Å². The molecule has 0 aromatic heterocycles. The predicted molar refractivity (Wildman–Crippen MR) is 95.9 cm³/mol. The van der Waals surface area contributed by atoms with Crippen molar-refractivity contribution in [1.29, 1.82) is 0 Å². The number of fused-ring (bicyclic) bond motifs is 2. The second-order valence-electron chi connectivity index (χ2n) is 6.98. The lowest BCUT2D eigenvalue weighted by Crippen LogP contribution is -2.38. The molecule has 2 aliphatic carbocycles. The second kappa shape index (κ2) is 7.08. The van der Waals surface area contributed by atoms with E-state index >= 15 is 0 Å². The van der Waals surface area contributed by atoms with Gasteiger partial charge in [-0.1, -0.05) is 26.2 Å². The number of aliphatic hydroxyl groups excluding tert-OH is 3. The minimum absolute atomic E-state index is 0.192. The summed E-state index contributed by atoms with van der Waals surface area (Å²) < 4.78 is 0. The van der Waals surface area contributed by atoms with Crippen molar-refractivity contribution in [3.8, 4) is 11.5 Å². The third-order valence-electron chi connectivity index (χ3n) is 5.15. The lowest BCUT2D eigenvalue weighted by molar-refractivity contribution is 0.0748. The van der Waals surface area contributed by atoms with Crippen molar-refractivity contribution in [2.45, 2.75) is 38.7 Å². The van der Waals surface area contributed by atoms with Crippen LogP contribution in [0.3, 0.4) is 0 Å². The highest BCUT2D eigenvalue weighted by atomic mass is 16.3. The summed E-state index contributed by atoms with van der Waals surface area (Å²) in [7, 11) is 0. The van der Waals surface area contributed by atoms with Crippen LogP contribution in [0.25, 0.3) is 0 Å². The van der Waals surface area contributed by atoms with Gasteiger partial charge in [0.15, 0.2) is 11.6 Å². The minimum atomic E-state index is -1.25. The first-order chi connectivity index (χ1) is 12.8. The molecule has 7 heteroatoms. The van der Waals surface area contributed by atoms with Crippen molar-refractivity contribution < 1.29 is 35.1 Å². The van der Waals surface area contributed by atoms with Crippen molar-refractivity contribution in [3.05, 3.63) is 46.4 Å². The zero-order chi connectivity index (χ0) is 19.9. The van der Waals surface area contributed by atoms with Gasteiger partial charge < -0.3 is 25.5 Å². The van der Waals surface area contributed by atoms with E-state index < -0.39 is 46.8 Å². The number of Topliss-reactive ketones (excluding diaryl/α,β-unsaturated/α-hetero) is 2. The molecule has 0 aliphatic heterocycles. The second-order valence-corrected chi connectivity index (χ2v) is 6.98. The van der Waals surface area contributed by atoms with Crippen LogP contribution >= 0.6 is 0 Å². The van der Waals surface area contributed by atoms with E-state index in [2.05, 4.69) is 0 Å². The number of unbranched alkanes of at least 4 members (excludes halogenated alkanes) is 2. The fourth-order valence-corrected chi connectivity index (χ4v) is 3.79. The molecule has 0 saturated carbocycles. The summed E-state index contributed by atoms with van der Waals surface area (Å²) in [5.74, 6) is -5.60. The molecular formula is C20H22O7. The maximum absolute atomic E-state index is 12.9. The molecule has 7 nitrogen and oxygen atoms in total. The number of carbonyl (C=O) groups is 2. The Morgan fingerprint density at radius 3 is 2.44 bits per heavy atom. The van der Waals surface area contributed by atoms with Gasteiger partial charge in [0.05, 0.1) is 29.1 Å². The first kappa shape index (κ1) is 19.0. The number of ketones is 2. The molecule has 0 radical (unpaired) electrons. The van der Waals surface area contributed by atoms with Crippen LogP contribution in [-0.2, 0) is 0 Å². The van der Waals surface area contributed by atoms with Crippen LogP contribution in [0, 0.1) is 11.8 Å². The average Bonchev–Trinajstić information content (AvgIpc) is 2.58. The zero-order valence-electron chi connectivity index (χ0n) is 14.8. The van der Waals surface area contributed by atoms with E-state index in [1.165, 1.54) is 0 Å². The molecule has 3 atom stereocenters. The molecular weight excluding hydrogens is 352 g/mol. The summed E-state index contributed by atoms with van der Waals surface area (Å²) in [6, 6.07) is 1.06. The van der Waals surface area contributed by atoms with E-state index in [1.807, 2.05) is 6.92 Å². The van der Waals surface area contributed by atoms with Gasteiger partial charge in [0.1, 0.15) is 23.0 Å².